The Balaban J connectivity index is 2.56. The highest BCUT2D eigenvalue weighted by atomic mass is 127. The first-order valence-corrected chi connectivity index (χ1v) is 9.49. The molecule has 0 fully saturated rings. The number of benzene rings is 1. The van der Waals surface area contributed by atoms with Crippen LogP contribution in [0.25, 0.3) is 0 Å². The molecule has 122 valence electrons. The van der Waals surface area contributed by atoms with Gasteiger partial charge in [0, 0.05) is 33.3 Å². The van der Waals surface area contributed by atoms with Crippen LogP contribution in [0.3, 0.4) is 0 Å². The van der Waals surface area contributed by atoms with Crippen LogP contribution in [-0.4, -0.2) is 45.8 Å². The van der Waals surface area contributed by atoms with Crippen LogP contribution in [0.15, 0.2) is 24.3 Å². The number of carbonyl (C=O) groups is 2. The summed E-state index contributed by atoms with van der Waals surface area (Å²) in [6.07, 6.45) is -0.757. The fourth-order valence-corrected chi connectivity index (χ4v) is 2.81. The molecule has 0 heterocycles. The highest BCUT2D eigenvalue weighted by Crippen LogP contribution is 2.18. The Hall–Kier alpha value is -0.820. The van der Waals surface area contributed by atoms with Crippen LogP contribution in [0.5, 0.6) is 0 Å². The molecular weight excluding hydrogens is 516 g/mol. The summed E-state index contributed by atoms with van der Waals surface area (Å²) < 4.78 is 6.69. The third-order valence-corrected chi connectivity index (χ3v) is 3.61. The zero-order valence-electron chi connectivity index (χ0n) is 11.7. The van der Waals surface area contributed by atoms with Crippen molar-refractivity contribution in [3.8, 4) is 0 Å². The van der Waals surface area contributed by atoms with Gasteiger partial charge in [-0.1, -0.05) is 45.2 Å². The summed E-state index contributed by atoms with van der Waals surface area (Å²) in [4.78, 5) is 24.5. The molecule has 0 aliphatic rings. The topological polar surface area (TPSA) is 90.9 Å². The SMILES string of the molecule is O=C(COC(=O)Nc1ccc(N(CCI)CCI)cc1)NO. The van der Waals surface area contributed by atoms with Crippen molar-refractivity contribution in [2.24, 2.45) is 0 Å². The molecule has 1 aromatic rings. The first kappa shape index (κ1) is 19.2. The molecule has 0 unspecified atom stereocenters. The van der Waals surface area contributed by atoms with Crippen molar-refractivity contribution in [1.82, 2.24) is 5.48 Å². The molecule has 0 saturated carbocycles. The Kier molecular flexibility index (Phi) is 9.47. The van der Waals surface area contributed by atoms with Crippen LogP contribution in [0, 0.1) is 0 Å². The van der Waals surface area contributed by atoms with Crippen molar-refractivity contribution in [1.29, 1.82) is 0 Å². The molecule has 0 aliphatic carbocycles. The zero-order chi connectivity index (χ0) is 16.4. The average molecular weight is 533 g/mol. The molecule has 9 heteroatoms. The van der Waals surface area contributed by atoms with Gasteiger partial charge in [0.15, 0.2) is 6.61 Å². The van der Waals surface area contributed by atoms with Gasteiger partial charge in [0.2, 0.25) is 0 Å². The summed E-state index contributed by atoms with van der Waals surface area (Å²) in [5, 5.41) is 10.8. The van der Waals surface area contributed by atoms with Crippen molar-refractivity contribution < 1.29 is 19.5 Å². The fraction of sp³-hybridized carbons (Fsp3) is 0.385. The van der Waals surface area contributed by atoms with Crippen molar-refractivity contribution in [3.05, 3.63) is 24.3 Å². The van der Waals surface area contributed by atoms with Gasteiger partial charge < -0.3 is 9.64 Å². The van der Waals surface area contributed by atoms with Crippen LogP contribution in [0.4, 0.5) is 16.2 Å². The molecule has 22 heavy (non-hydrogen) atoms. The average Bonchev–Trinajstić information content (AvgIpc) is 2.53. The van der Waals surface area contributed by atoms with Gasteiger partial charge in [-0.05, 0) is 24.3 Å². The van der Waals surface area contributed by atoms with Crippen molar-refractivity contribution in [2.75, 3.05) is 38.8 Å². The summed E-state index contributed by atoms with van der Waals surface area (Å²) in [5.74, 6) is -0.793. The second kappa shape index (κ2) is 10.8. The number of hydroxylamine groups is 1. The number of halogens is 2. The lowest BCUT2D eigenvalue weighted by Crippen LogP contribution is -2.27. The van der Waals surface area contributed by atoms with Gasteiger partial charge in [-0.15, -0.1) is 0 Å². The lowest BCUT2D eigenvalue weighted by molar-refractivity contribution is -0.132. The molecule has 0 aromatic heterocycles. The van der Waals surface area contributed by atoms with Gasteiger partial charge in [-0.2, -0.15) is 0 Å². The Morgan fingerprint density at radius 1 is 1.14 bits per heavy atom. The molecule has 0 aliphatic heterocycles. The van der Waals surface area contributed by atoms with E-state index in [2.05, 4.69) is 60.1 Å². The van der Waals surface area contributed by atoms with Gasteiger partial charge in [0.25, 0.3) is 5.91 Å². The number of amides is 2. The Morgan fingerprint density at radius 3 is 2.23 bits per heavy atom. The molecule has 0 atom stereocenters. The highest BCUT2D eigenvalue weighted by molar-refractivity contribution is 14.1. The van der Waals surface area contributed by atoms with Crippen molar-refractivity contribution >= 4 is 68.6 Å². The second-order valence-corrected chi connectivity index (χ2v) is 6.31. The van der Waals surface area contributed by atoms with Crippen molar-refractivity contribution in [3.63, 3.8) is 0 Å². The van der Waals surface area contributed by atoms with Crippen LogP contribution in [-0.2, 0) is 9.53 Å². The predicted molar refractivity (Wildman–Crippen MR) is 101 cm³/mol. The van der Waals surface area contributed by atoms with Gasteiger partial charge >= 0.3 is 6.09 Å². The number of hydrogen-bond donors (Lipinski definition) is 3. The first-order chi connectivity index (χ1) is 10.6. The standard InChI is InChI=1S/C13H17I2N3O4/c14-5-7-18(8-6-15)11-3-1-10(2-4-11)16-13(20)22-9-12(19)17-21/h1-4,21H,5-9H2,(H,16,20)(H,17,19). The molecule has 0 radical (unpaired) electrons. The number of carbonyl (C=O) groups excluding carboxylic acids is 2. The van der Waals surface area contributed by atoms with Gasteiger partial charge in [0.1, 0.15) is 0 Å². The van der Waals surface area contributed by atoms with E-state index < -0.39 is 18.6 Å². The van der Waals surface area contributed by atoms with Crippen LogP contribution in [0.2, 0.25) is 0 Å². The van der Waals surface area contributed by atoms with Crippen LogP contribution >= 0.6 is 45.2 Å². The lowest BCUT2D eigenvalue weighted by Gasteiger charge is -2.23. The van der Waals surface area contributed by atoms with Crippen molar-refractivity contribution in [2.45, 2.75) is 0 Å². The third-order valence-electron chi connectivity index (χ3n) is 2.65. The monoisotopic (exact) mass is 533 g/mol. The van der Waals surface area contributed by atoms with E-state index >= 15 is 0 Å². The normalized spacial score (nSPS) is 9.95. The molecule has 1 rings (SSSR count). The number of ether oxygens (including phenoxy) is 1. The van der Waals surface area contributed by atoms with Gasteiger partial charge in [-0.3, -0.25) is 15.3 Å². The summed E-state index contributed by atoms with van der Waals surface area (Å²) >= 11 is 4.68. The minimum absolute atomic E-state index is 0.542. The Labute approximate surface area is 156 Å². The number of nitrogens with zero attached hydrogens (tertiary/aromatic N) is 1. The first-order valence-electron chi connectivity index (χ1n) is 6.44. The highest BCUT2D eigenvalue weighted by Gasteiger charge is 2.08. The second-order valence-electron chi connectivity index (χ2n) is 4.15. The van der Waals surface area contributed by atoms with Crippen LogP contribution in [0.1, 0.15) is 0 Å². The molecule has 0 bridgehead atoms. The Bertz CT molecular complexity index is 479. The van der Waals surface area contributed by atoms with E-state index in [-0.39, 0.29) is 0 Å². The number of nitrogens with one attached hydrogen (secondary N) is 2. The van der Waals surface area contributed by atoms with E-state index in [4.69, 9.17) is 5.21 Å². The van der Waals surface area contributed by atoms with Crippen LogP contribution < -0.4 is 15.7 Å². The van der Waals surface area contributed by atoms with E-state index in [0.29, 0.717) is 5.69 Å². The maximum Gasteiger partial charge on any atom is 0.412 e. The smallest absolute Gasteiger partial charge is 0.412 e. The van der Waals surface area contributed by atoms with E-state index in [1.165, 1.54) is 5.48 Å². The summed E-state index contributed by atoms with van der Waals surface area (Å²) in [6.45, 7) is 1.39. The molecular formula is C13H17I2N3O4. The zero-order valence-corrected chi connectivity index (χ0v) is 16.0. The maximum absolute atomic E-state index is 11.4. The third kappa shape index (κ3) is 6.96. The van der Waals surface area contributed by atoms with Gasteiger partial charge in [0.05, 0.1) is 0 Å². The predicted octanol–water partition coefficient (Wildman–Crippen LogP) is 2.42. The molecule has 2 amide bonds. The Morgan fingerprint density at radius 2 is 1.73 bits per heavy atom. The van der Waals surface area contributed by atoms with E-state index in [0.717, 1.165) is 27.6 Å². The van der Waals surface area contributed by atoms with E-state index in [1.54, 1.807) is 12.1 Å². The number of hydrogen-bond acceptors (Lipinski definition) is 5. The summed E-state index contributed by atoms with van der Waals surface area (Å²) in [5.41, 5.74) is 3.04. The number of rotatable bonds is 8. The number of alkyl halides is 2. The maximum atomic E-state index is 11.4. The summed E-state index contributed by atoms with van der Waals surface area (Å²) in [6, 6.07) is 7.40. The largest absolute Gasteiger partial charge is 0.439 e. The fourth-order valence-electron chi connectivity index (χ4n) is 1.65. The minimum Gasteiger partial charge on any atom is -0.439 e. The molecule has 0 spiro atoms. The molecule has 1 aromatic carbocycles. The van der Waals surface area contributed by atoms with Gasteiger partial charge in [-0.25, -0.2) is 10.3 Å². The molecule has 0 saturated heterocycles. The number of anilines is 2. The van der Waals surface area contributed by atoms with E-state index in [1.807, 2.05) is 12.1 Å². The minimum atomic E-state index is -0.793. The summed E-state index contributed by atoms with van der Waals surface area (Å²) in [7, 11) is 0. The van der Waals surface area contributed by atoms with E-state index in [9.17, 15) is 9.59 Å². The molecule has 7 nitrogen and oxygen atoms in total. The quantitative estimate of drug-likeness (QED) is 0.207. The molecule has 3 N–H and O–H groups in total. The lowest BCUT2D eigenvalue weighted by atomic mass is 10.2.